The van der Waals surface area contributed by atoms with Crippen molar-refractivity contribution in [3.63, 3.8) is 0 Å². The van der Waals surface area contributed by atoms with Gasteiger partial charge in [-0.05, 0) is 68.6 Å². The van der Waals surface area contributed by atoms with Crippen LogP contribution in [0.1, 0.15) is 55.3 Å². The number of nitrogens with one attached hydrogen (secondary N) is 2. The van der Waals surface area contributed by atoms with E-state index in [4.69, 9.17) is 5.73 Å². The summed E-state index contributed by atoms with van der Waals surface area (Å²) in [4.78, 5) is 12.9. The van der Waals surface area contributed by atoms with Crippen LogP contribution in [-0.4, -0.2) is 32.5 Å². The highest BCUT2D eigenvalue weighted by atomic mass is 32.2. The monoisotopic (exact) mass is 377 g/mol. The van der Waals surface area contributed by atoms with Gasteiger partial charge in [0.2, 0.25) is 10.0 Å². The fraction of sp³-hybridized carbons (Fsp3) is 0.632. The molecule has 0 radical (unpaired) electrons. The fourth-order valence-electron chi connectivity index (χ4n) is 4.55. The van der Waals surface area contributed by atoms with Crippen LogP contribution in [0.5, 0.6) is 0 Å². The lowest BCUT2D eigenvalue weighted by molar-refractivity contribution is 0.0756. The van der Waals surface area contributed by atoms with Crippen LogP contribution in [0.25, 0.3) is 0 Å². The molecule has 3 aliphatic carbocycles. The number of carbonyl (C=O) groups excluding carboxylic acids is 1. The predicted molar refractivity (Wildman–Crippen MR) is 99.1 cm³/mol. The second-order valence-electron chi connectivity index (χ2n) is 8.11. The summed E-state index contributed by atoms with van der Waals surface area (Å²) in [7, 11) is -3.55. The Bertz CT molecular complexity index is 777. The van der Waals surface area contributed by atoms with E-state index in [0.717, 1.165) is 38.5 Å². The third-order valence-electron chi connectivity index (χ3n) is 5.98. The fourth-order valence-corrected chi connectivity index (χ4v) is 5.90. The van der Waals surface area contributed by atoms with E-state index in [1.807, 2.05) is 0 Å². The molecule has 3 fully saturated rings. The molecule has 2 bridgehead atoms. The van der Waals surface area contributed by atoms with Gasteiger partial charge >= 0.3 is 0 Å². The van der Waals surface area contributed by atoms with Crippen molar-refractivity contribution in [2.45, 2.75) is 68.0 Å². The van der Waals surface area contributed by atoms with Crippen LogP contribution < -0.4 is 15.8 Å². The number of hydrogen-bond acceptors (Lipinski definition) is 4. The Morgan fingerprint density at radius 2 is 1.77 bits per heavy atom. The number of nitrogens with two attached hydrogens (primary N) is 1. The first-order valence-electron chi connectivity index (χ1n) is 9.61. The summed E-state index contributed by atoms with van der Waals surface area (Å²) < 4.78 is 27.4. The molecule has 3 aliphatic rings. The summed E-state index contributed by atoms with van der Waals surface area (Å²) in [5.74, 6) is 0.681. The summed E-state index contributed by atoms with van der Waals surface area (Å²) in [6.45, 7) is 0. The molecule has 0 heterocycles. The number of hydrogen-bond donors (Lipinski definition) is 3. The SMILES string of the molecule is NC1CC2CCCC(C1)C2NC(=O)c1cccc(S(=O)(=O)NC2CC2)c1. The maximum atomic E-state index is 12.8. The summed E-state index contributed by atoms with van der Waals surface area (Å²) in [5.41, 5.74) is 6.55. The van der Waals surface area contributed by atoms with E-state index in [0.29, 0.717) is 17.4 Å². The van der Waals surface area contributed by atoms with E-state index in [1.54, 1.807) is 12.1 Å². The number of carbonyl (C=O) groups is 1. The molecule has 4 rings (SSSR count). The lowest BCUT2D eigenvalue weighted by Crippen LogP contribution is -2.53. The van der Waals surface area contributed by atoms with Gasteiger partial charge in [0.25, 0.3) is 5.91 Å². The molecule has 0 aromatic heterocycles. The highest BCUT2D eigenvalue weighted by Crippen LogP contribution is 2.39. The zero-order valence-electron chi connectivity index (χ0n) is 14.9. The Kier molecular flexibility index (Phi) is 4.79. The third kappa shape index (κ3) is 3.80. The number of amides is 1. The van der Waals surface area contributed by atoms with Gasteiger partial charge in [0, 0.05) is 23.7 Å². The summed E-state index contributed by atoms with van der Waals surface area (Å²) in [6, 6.07) is 6.76. The largest absolute Gasteiger partial charge is 0.349 e. The van der Waals surface area contributed by atoms with Crippen LogP contribution in [0.15, 0.2) is 29.2 Å². The van der Waals surface area contributed by atoms with E-state index in [2.05, 4.69) is 10.0 Å². The highest BCUT2D eigenvalue weighted by molar-refractivity contribution is 7.89. The van der Waals surface area contributed by atoms with Gasteiger partial charge < -0.3 is 11.1 Å². The lowest BCUT2D eigenvalue weighted by Gasteiger charge is -2.45. The van der Waals surface area contributed by atoms with Crippen molar-refractivity contribution in [2.75, 3.05) is 0 Å². The summed E-state index contributed by atoms with van der Waals surface area (Å²) in [6.07, 6.45) is 7.10. The van der Waals surface area contributed by atoms with Crippen molar-refractivity contribution in [1.29, 1.82) is 0 Å². The number of fused-ring (bicyclic) bond motifs is 2. The molecule has 0 spiro atoms. The molecule has 2 unspecified atom stereocenters. The summed E-state index contributed by atoms with van der Waals surface area (Å²) >= 11 is 0. The van der Waals surface area contributed by atoms with Crippen LogP contribution in [0, 0.1) is 11.8 Å². The highest BCUT2D eigenvalue weighted by Gasteiger charge is 2.40. The molecule has 3 saturated carbocycles. The Morgan fingerprint density at radius 3 is 2.42 bits per heavy atom. The van der Waals surface area contributed by atoms with Crippen molar-refractivity contribution in [1.82, 2.24) is 10.0 Å². The Balaban J connectivity index is 1.49. The van der Waals surface area contributed by atoms with Crippen molar-refractivity contribution in [2.24, 2.45) is 17.6 Å². The molecule has 0 aliphatic heterocycles. The maximum absolute atomic E-state index is 12.8. The van der Waals surface area contributed by atoms with E-state index < -0.39 is 10.0 Å². The smallest absolute Gasteiger partial charge is 0.251 e. The second-order valence-corrected chi connectivity index (χ2v) is 9.82. The predicted octanol–water partition coefficient (Wildman–Crippen LogP) is 1.76. The molecule has 26 heavy (non-hydrogen) atoms. The average Bonchev–Trinajstić information content (AvgIpc) is 3.39. The van der Waals surface area contributed by atoms with Crippen LogP contribution in [-0.2, 0) is 10.0 Å². The zero-order valence-corrected chi connectivity index (χ0v) is 15.7. The summed E-state index contributed by atoms with van der Waals surface area (Å²) in [5, 5.41) is 3.18. The van der Waals surface area contributed by atoms with Gasteiger partial charge in [-0.2, -0.15) is 0 Å². The standard InChI is InChI=1S/C19H27N3O3S/c20-15-9-12-3-1-4-13(10-15)18(12)21-19(23)14-5-2-6-17(11-14)26(24,25)22-16-7-8-16/h2,5-6,11-13,15-16,18,22H,1,3-4,7-10,20H2,(H,21,23). The van der Waals surface area contributed by atoms with Gasteiger partial charge in [0.15, 0.2) is 0 Å². The average molecular weight is 378 g/mol. The molecule has 2 atom stereocenters. The Morgan fingerprint density at radius 1 is 1.08 bits per heavy atom. The Labute approximate surface area is 155 Å². The van der Waals surface area contributed by atoms with E-state index in [-0.39, 0.29) is 28.9 Å². The van der Waals surface area contributed by atoms with Gasteiger partial charge in [-0.25, -0.2) is 13.1 Å². The molecule has 4 N–H and O–H groups in total. The molecule has 6 nitrogen and oxygen atoms in total. The molecule has 142 valence electrons. The molecule has 1 aromatic carbocycles. The first-order chi connectivity index (χ1) is 12.4. The van der Waals surface area contributed by atoms with E-state index >= 15 is 0 Å². The number of sulfonamides is 1. The van der Waals surface area contributed by atoms with Gasteiger partial charge in [0.1, 0.15) is 0 Å². The minimum atomic E-state index is -3.55. The minimum absolute atomic E-state index is 0.0447. The third-order valence-corrected chi connectivity index (χ3v) is 7.50. The quantitative estimate of drug-likeness (QED) is 0.728. The van der Waals surface area contributed by atoms with Crippen molar-refractivity contribution < 1.29 is 13.2 Å². The van der Waals surface area contributed by atoms with E-state index in [9.17, 15) is 13.2 Å². The number of benzene rings is 1. The first kappa shape index (κ1) is 17.9. The topological polar surface area (TPSA) is 101 Å². The molecular formula is C19H27N3O3S. The normalized spacial score (nSPS) is 31.4. The molecule has 0 saturated heterocycles. The van der Waals surface area contributed by atoms with Crippen molar-refractivity contribution in [3.8, 4) is 0 Å². The van der Waals surface area contributed by atoms with Gasteiger partial charge in [-0.15, -0.1) is 0 Å². The first-order valence-corrected chi connectivity index (χ1v) is 11.1. The lowest BCUT2D eigenvalue weighted by atomic mass is 9.67. The minimum Gasteiger partial charge on any atom is -0.349 e. The number of rotatable bonds is 5. The van der Waals surface area contributed by atoms with Crippen molar-refractivity contribution in [3.05, 3.63) is 29.8 Å². The molecular weight excluding hydrogens is 350 g/mol. The van der Waals surface area contributed by atoms with Gasteiger partial charge in [0.05, 0.1) is 4.90 Å². The van der Waals surface area contributed by atoms with Crippen LogP contribution in [0.3, 0.4) is 0 Å². The van der Waals surface area contributed by atoms with Gasteiger partial charge in [-0.1, -0.05) is 12.5 Å². The van der Waals surface area contributed by atoms with Crippen LogP contribution in [0.2, 0.25) is 0 Å². The van der Waals surface area contributed by atoms with Crippen LogP contribution in [0.4, 0.5) is 0 Å². The molecule has 1 amide bonds. The van der Waals surface area contributed by atoms with E-state index in [1.165, 1.54) is 18.6 Å². The molecule has 1 aromatic rings. The molecule has 7 heteroatoms. The van der Waals surface area contributed by atoms with Gasteiger partial charge in [-0.3, -0.25) is 4.79 Å². The second kappa shape index (κ2) is 6.94. The zero-order chi connectivity index (χ0) is 18.3. The van der Waals surface area contributed by atoms with Crippen LogP contribution >= 0.6 is 0 Å². The van der Waals surface area contributed by atoms with Crippen molar-refractivity contribution >= 4 is 15.9 Å². The maximum Gasteiger partial charge on any atom is 0.251 e. The Hall–Kier alpha value is -1.44.